The predicted molar refractivity (Wildman–Crippen MR) is 42.1 cm³/mol. The van der Waals surface area contributed by atoms with Gasteiger partial charge in [0.1, 0.15) is 0 Å². The molecule has 0 aromatic heterocycles. The Morgan fingerprint density at radius 2 is 2.15 bits per heavy atom. The number of carboxylic acid groups (broad SMARTS) is 1. The molecule has 0 unspecified atom stereocenters. The zero-order chi connectivity index (χ0) is 10.0. The summed E-state index contributed by atoms with van der Waals surface area (Å²) in [5, 5.41) is 8.63. The molecule has 0 aromatic rings. The molecule has 3 atom stereocenters. The van der Waals surface area contributed by atoms with Crippen molar-refractivity contribution in [1.82, 2.24) is 0 Å². The van der Waals surface area contributed by atoms with Gasteiger partial charge in [-0.2, -0.15) is 0 Å². The Morgan fingerprint density at radius 3 is 2.54 bits per heavy atom. The molecule has 13 heavy (non-hydrogen) atoms. The van der Waals surface area contributed by atoms with Gasteiger partial charge in [-0.15, -0.1) is 0 Å². The first-order valence-electron chi connectivity index (χ1n) is 4.02. The summed E-state index contributed by atoms with van der Waals surface area (Å²) in [6.07, 6.45) is -1.25. The second kappa shape index (κ2) is 3.74. The summed E-state index contributed by atoms with van der Waals surface area (Å²) in [7, 11) is 1.26. The van der Waals surface area contributed by atoms with E-state index in [1.165, 1.54) is 7.11 Å². The fraction of sp³-hybridized carbons (Fsp3) is 0.750. The standard InChI is InChI=1S/C8H12O5/c1-4-3-5(7(9)10)13-6(4)8(11)12-2/h4-6H,3H2,1-2H3,(H,9,10)/t4-,5-,6-/m1/s1. The largest absolute Gasteiger partial charge is 0.479 e. The maximum atomic E-state index is 11.1. The van der Waals surface area contributed by atoms with Crippen LogP contribution in [0, 0.1) is 5.92 Å². The van der Waals surface area contributed by atoms with Crippen LogP contribution in [-0.4, -0.2) is 36.4 Å². The van der Waals surface area contributed by atoms with E-state index in [4.69, 9.17) is 9.84 Å². The summed E-state index contributed by atoms with van der Waals surface area (Å²) in [6, 6.07) is 0. The van der Waals surface area contributed by atoms with Gasteiger partial charge in [-0.1, -0.05) is 6.92 Å². The van der Waals surface area contributed by atoms with Gasteiger partial charge in [0.2, 0.25) is 0 Å². The molecule has 0 spiro atoms. The molecule has 0 aromatic carbocycles. The number of esters is 1. The van der Waals surface area contributed by atoms with Crippen molar-refractivity contribution in [3.63, 3.8) is 0 Å². The van der Waals surface area contributed by atoms with Crippen LogP contribution < -0.4 is 0 Å². The molecule has 1 heterocycles. The molecule has 0 saturated carbocycles. The zero-order valence-electron chi connectivity index (χ0n) is 7.52. The Hall–Kier alpha value is -1.10. The monoisotopic (exact) mass is 188 g/mol. The third-order valence-corrected chi connectivity index (χ3v) is 2.12. The fourth-order valence-corrected chi connectivity index (χ4v) is 1.39. The number of hydrogen-bond donors (Lipinski definition) is 1. The SMILES string of the molecule is COC(=O)[C@@H]1O[C@@H](C(=O)O)C[C@H]1C. The van der Waals surface area contributed by atoms with E-state index >= 15 is 0 Å². The van der Waals surface area contributed by atoms with Crippen molar-refractivity contribution in [1.29, 1.82) is 0 Å². The topological polar surface area (TPSA) is 72.8 Å². The molecule has 0 amide bonds. The number of rotatable bonds is 2. The molecule has 0 radical (unpaired) electrons. The highest BCUT2D eigenvalue weighted by Gasteiger charge is 2.40. The first kappa shape index (κ1) is 9.98. The molecule has 1 N–H and O–H groups in total. The van der Waals surface area contributed by atoms with Gasteiger partial charge in [-0.25, -0.2) is 9.59 Å². The number of methoxy groups -OCH3 is 1. The molecular weight excluding hydrogens is 176 g/mol. The molecule has 5 heteroatoms. The smallest absolute Gasteiger partial charge is 0.335 e. The van der Waals surface area contributed by atoms with E-state index in [1.807, 2.05) is 0 Å². The highest BCUT2D eigenvalue weighted by atomic mass is 16.6. The molecule has 1 fully saturated rings. The lowest BCUT2D eigenvalue weighted by molar-refractivity contribution is -0.160. The average molecular weight is 188 g/mol. The summed E-state index contributed by atoms with van der Waals surface area (Å²) in [5.41, 5.74) is 0. The van der Waals surface area contributed by atoms with E-state index in [2.05, 4.69) is 4.74 Å². The maximum Gasteiger partial charge on any atom is 0.335 e. The Kier molecular flexibility index (Phi) is 2.87. The van der Waals surface area contributed by atoms with Crippen molar-refractivity contribution >= 4 is 11.9 Å². The van der Waals surface area contributed by atoms with Crippen molar-refractivity contribution < 1.29 is 24.2 Å². The normalized spacial score (nSPS) is 32.9. The van der Waals surface area contributed by atoms with Gasteiger partial charge in [-0.05, 0) is 12.3 Å². The second-order valence-corrected chi connectivity index (χ2v) is 3.12. The third-order valence-electron chi connectivity index (χ3n) is 2.12. The van der Waals surface area contributed by atoms with Crippen LogP contribution in [-0.2, 0) is 19.1 Å². The van der Waals surface area contributed by atoms with Crippen molar-refractivity contribution in [2.45, 2.75) is 25.6 Å². The first-order valence-corrected chi connectivity index (χ1v) is 4.02. The number of aliphatic carboxylic acids is 1. The van der Waals surface area contributed by atoms with Gasteiger partial charge in [0, 0.05) is 0 Å². The van der Waals surface area contributed by atoms with Crippen LogP contribution >= 0.6 is 0 Å². The lowest BCUT2D eigenvalue weighted by atomic mass is 10.0. The lowest BCUT2D eigenvalue weighted by Gasteiger charge is -2.11. The summed E-state index contributed by atoms with van der Waals surface area (Å²) >= 11 is 0. The number of hydrogen-bond acceptors (Lipinski definition) is 4. The number of carbonyl (C=O) groups is 2. The molecule has 0 bridgehead atoms. The lowest BCUT2D eigenvalue weighted by Crippen LogP contribution is -2.28. The predicted octanol–water partition coefficient (Wildman–Crippen LogP) is 0.0376. The van der Waals surface area contributed by atoms with Crippen LogP contribution in [0.3, 0.4) is 0 Å². The molecule has 1 aliphatic rings. The minimum Gasteiger partial charge on any atom is -0.479 e. The Bertz CT molecular complexity index is 225. The summed E-state index contributed by atoms with van der Waals surface area (Å²) in [6.45, 7) is 1.77. The molecule has 0 aliphatic carbocycles. The number of ether oxygens (including phenoxy) is 2. The van der Waals surface area contributed by atoms with E-state index in [0.29, 0.717) is 6.42 Å². The number of carboxylic acids is 1. The molecule has 1 aliphatic heterocycles. The average Bonchev–Trinajstić information content (AvgIpc) is 2.46. The van der Waals surface area contributed by atoms with Gasteiger partial charge in [-0.3, -0.25) is 0 Å². The quantitative estimate of drug-likeness (QED) is 0.619. The van der Waals surface area contributed by atoms with E-state index in [9.17, 15) is 9.59 Å². The van der Waals surface area contributed by atoms with E-state index in [1.54, 1.807) is 6.92 Å². The molecule has 1 saturated heterocycles. The minimum atomic E-state index is -1.03. The summed E-state index contributed by atoms with van der Waals surface area (Å²) in [4.78, 5) is 21.6. The van der Waals surface area contributed by atoms with E-state index in [0.717, 1.165) is 0 Å². The van der Waals surface area contributed by atoms with Gasteiger partial charge in [0.25, 0.3) is 0 Å². The van der Waals surface area contributed by atoms with Crippen LogP contribution in [0.2, 0.25) is 0 Å². The molecular formula is C8H12O5. The van der Waals surface area contributed by atoms with Crippen molar-refractivity contribution in [2.24, 2.45) is 5.92 Å². The highest BCUT2D eigenvalue weighted by Crippen LogP contribution is 2.26. The second-order valence-electron chi connectivity index (χ2n) is 3.12. The van der Waals surface area contributed by atoms with Crippen LogP contribution in [0.25, 0.3) is 0 Å². The Labute approximate surface area is 75.6 Å². The van der Waals surface area contributed by atoms with Crippen LogP contribution in [0.15, 0.2) is 0 Å². The van der Waals surface area contributed by atoms with Crippen LogP contribution in [0.4, 0.5) is 0 Å². The Morgan fingerprint density at radius 1 is 1.54 bits per heavy atom. The van der Waals surface area contributed by atoms with Gasteiger partial charge >= 0.3 is 11.9 Å². The highest BCUT2D eigenvalue weighted by molar-refractivity contribution is 5.78. The molecule has 74 valence electrons. The van der Waals surface area contributed by atoms with Gasteiger partial charge < -0.3 is 14.6 Å². The third kappa shape index (κ3) is 1.98. The first-order chi connectivity index (χ1) is 6.06. The molecule has 5 nitrogen and oxygen atoms in total. The Balaban J connectivity index is 2.61. The van der Waals surface area contributed by atoms with Crippen molar-refractivity contribution in [2.75, 3.05) is 7.11 Å². The van der Waals surface area contributed by atoms with Crippen molar-refractivity contribution in [3.8, 4) is 0 Å². The summed E-state index contributed by atoms with van der Waals surface area (Å²) in [5.74, 6) is -1.64. The van der Waals surface area contributed by atoms with Crippen LogP contribution in [0.1, 0.15) is 13.3 Å². The minimum absolute atomic E-state index is 0.103. The fourth-order valence-electron chi connectivity index (χ4n) is 1.39. The number of carbonyl (C=O) groups excluding carboxylic acids is 1. The summed E-state index contributed by atoms with van der Waals surface area (Å²) < 4.78 is 9.49. The maximum absolute atomic E-state index is 11.1. The van der Waals surface area contributed by atoms with Gasteiger partial charge in [0.05, 0.1) is 7.11 Å². The zero-order valence-corrected chi connectivity index (χ0v) is 7.52. The van der Waals surface area contributed by atoms with E-state index in [-0.39, 0.29) is 5.92 Å². The molecule has 1 rings (SSSR count). The van der Waals surface area contributed by atoms with Gasteiger partial charge in [0.15, 0.2) is 12.2 Å². The van der Waals surface area contributed by atoms with Crippen molar-refractivity contribution in [3.05, 3.63) is 0 Å². The van der Waals surface area contributed by atoms with Crippen LogP contribution in [0.5, 0.6) is 0 Å². The van der Waals surface area contributed by atoms with E-state index < -0.39 is 24.1 Å².